The van der Waals surface area contributed by atoms with E-state index < -0.39 is 5.54 Å². The van der Waals surface area contributed by atoms with Gasteiger partial charge in [0.25, 0.3) is 0 Å². The molecule has 3 rings (SSSR count). The van der Waals surface area contributed by atoms with Crippen molar-refractivity contribution in [3.63, 3.8) is 0 Å². The van der Waals surface area contributed by atoms with Crippen LogP contribution in [0.15, 0.2) is 70.3 Å². The Labute approximate surface area is 125 Å². The third-order valence-corrected chi connectivity index (χ3v) is 3.91. The molecule has 0 bridgehead atoms. The zero-order valence-corrected chi connectivity index (χ0v) is 12.1. The van der Waals surface area contributed by atoms with Crippen LogP contribution in [-0.2, 0) is 5.54 Å². The lowest BCUT2D eigenvalue weighted by Gasteiger charge is -2.28. The number of aliphatic imine (C=N–C) groups is 1. The summed E-state index contributed by atoms with van der Waals surface area (Å²) in [6, 6.07) is 14.3. The van der Waals surface area contributed by atoms with Gasteiger partial charge in [0.15, 0.2) is 0 Å². The van der Waals surface area contributed by atoms with E-state index in [1.165, 1.54) is 12.1 Å². The zero-order chi connectivity index (χ0) is 14.0. The number of hydrogen-bond acceptors (Lipinski definition) is 2. The second-order valence-corrected chi connectivity index (χ2v) is 5.43. The summed E-state index contributed by atoms with van der Waals surface area (Å²) >= 11 is 3.57. The van der Waals surface area contributed by atoms with Crippen molar-refractivity contribution in [1.29, 1.82) is 0 Å². The van der Waals surface area contributed by atoms with Gasteiger partial charge in [-0.2, -0.15) is 0 Å². The number of nitrogens with zero attached hydrogens (tertiary/aromatic N) is 1. The van der Waals surface area contributed by atoms with Gasteiger partial charge in [-0.1, -0.05) is 34.1 Å². The molecule has 1 heterocycles. The summed E-state index contributed by atoms with van der Waals surface area (Å²) in [5.74, 6) is -0.249. The van der Waals surface area contributed by atoms with Crippen LogP contribution in [0.2, 0.25) is 0 Å². The average molecular weight is 331 g/mol. The molecule has 0 amide bonds. The summed E-state index contributed by atoms with van der Waals surface area (Å²) in [5, 5.41) is 3.41. The highest BCUT2D eigenvalue weighted by molar-refractivity contribution is 9.10. The second-order valence-electron chi connectivity index (χ2n) is 4.57. The molecule has 0 aromatic heterocycles. The van der Waals surface area contributed by atoms with E-state index in [4.69, 9.17) is 0 Å². The zero-order valence-electron chi connectivity index (χ0n) is 10.6. The first kappa shape index (κ1) is 13.1. The van der Waals surface area contributed by atoms with Crippen LogP contribution in [0.5, 0.6) is 0 Å². The molecule has 100 valence electrons. The first-order chi connectivity index (χ1) is 9.70. The molecule has 0 aliphatic carbocycles. The summed E-state index contributed by atoms with van der Waals surface area (Å²) in [6.07, 6.45) is 5.59. The Morgan fingerprint density at radius 1 is 1.05 bits per heavy atom. The summed E-state index contributed by atoms with van der Waals surface area (Å²) < 4.78 is 14.0. The Hall–Kier alpha value is -1.94. The minimum Gasteiger partial charge on any atom is -0.368 e. The van der Waals surface area contributed by atoms with Crippen LogP contribution in [0.1, 0.15) is 5.56 Å². The summed E-state index contributed by atoms with van der Waals surface area (Å²) in [4.78, 5) is 4.21. The quantitative estimate of drug-likeness (QED) is 0.880. The molecule has 0 saturated carbocycles. The van der Waals surface area contributed by atoms with Crippen molar-refractivity contribution in [3.8, 4) is 0 Å². The van der Waals surface area contributed by atoms with Crippen molar-refractivity contribution in [2.45, 2.75) is 5.54 Å². The summed E-state index contributed by atoms with van der Waals surface area (Å²) in [7, 11) is 0. The lowest BCUT2D eigenvalue weighted by Crippen LogP contribution is -2.33. The fourth-order valence-electron chi connectivity index (χ4n) is 2.23. The van der Waals surface area contributed by atoms with E-state index in [1.807, 2.05) is 36.6 Å². The molecule has 0 radical (unpaired) electrons. The van der Waals surface area contributed by atoms with Crippen molar-refractivity contribution in [3.05, 3.63) is 76.7 Å². The Kier molecular flexibility index (Phi) is 3.40. The fourth-order valence-corrected chi connectivity index (χ4v) is 2.85. The van der Waals surface area contributed by atoms with E-state index in [0.717, 1.165) is 15.7 Å². The molecule has 0 spiro atoms. The maximum atomic E-state index is 13.0. The molecule has 1 N–H and O–H groups in total. The van der Waals surface area contributed by atoms with Gasteiger partial charge < -0.3 is 5.32 Å². The maximum absolute atomic E-state index is 13.0. The van der Waals surface area contributed by atoms with E-state index in [-0.39, 0.29) is 5.82 Å². The molecule has 20 heavy (non-hydrogen) atoms. The average Bonchev–Trinajstić information content (AvgIpc) is 2.91. The van der Waals surface area contributed by atoms with Gasteiger partial charge in [0.2, 0.25) is 0 Å². The van der Waals surface area contributed by atoms with Gasteiger partial charge >= 0.3 is 0 Å². The van der Waals surface area contributed by atoms with E-state index in [1.54, 1.807) is 18.3 Å². The number of hydrogen-bond donors (Lipinski definition) is 1. The van der Waals surface area contributed by atoms with Crippen LogP contribution in [0.25, 0.3) is 0 Å². The number of anilines is 1. The molecule has 0 saturated heterocycles. The smallest absolute Gasteiger partial charge is 0.123 e. The van der Waals surface area contributed by atoms with Crippen molar-refractivity contribution in [1.82, 2.24) is 0 Å². The van der Waals surface area contributed by atoms with Gasteiger partial charge in [0.1, 0.15) is 11.4 Å². The minimum absolute atomic E-state index is 0.249. The lowest BCUT2D eigenvalue weighted by molar-refractivity contribution is 0.628. The molecule has 0 fully saturated rings. The monoisotopic (exact) mass is 330 g/mol. The Morgan fingerprint density at radius 2 is 1.80 bits per heavy atom. The van der Waals surface area contributed by atoms with Crippen LogP contribution in [0.3, 0.4) is 0 Å². The predicted octanol–water partition coefficient (Wildman–Crippen LogP) is 4.49. The van der Waals surface area contributed by atoms with Crippen molar-refractivity contribution >= 4 is 27.8 Å². The van der Waals surface area contributed by atoms with Crippen LogP contribution >= 0.6 is 15.9 Å². The van der Waals surface area contributed by atoms with Gasteiger partial charge in [0.05, 0.1) is 0 Å². The second kappa shape index (κ2) is 5.21. The number of nitrogens with one attached hydrogen (secondary N) is 1. The lowest BCUT2D eigenvalue weighted by atomic mass is 9.91. The van der Waals surface area contributed by atoms with Gasteiger partial charge in [-0.05, 0) is 36.4 Å². The number of benzene rings is 2. The van der Waals surface area contributed by atoms with E-state index in [9.17, 15) is 4.39 Å². The highest BCUT2D eigenvalue weighted by Crippen LogP contribution is 2.34. The van der Waals surface area contributed by atoms with Crippen molar-refractivity contribution in [2.24, 2.45) is 4.99 Å². The molecular weight excluding hydrogens is 319 g/mol. The molecule has 2 aromatic rings. The first-order valence-electron chi connectivity index (χ1n) is 6.20. The molecule has 2 aromatic carbocycles. The number of rotatable bonds is 3. The van der Waals surface area contributed by atoms with Crippen molar-refractivity contribution in [2.75, 3.05) is 5.32 Å². The number of halogens is 2. The van der Waals surface area contributed by atoms with Gasteiger partial charge in [-0.25, -0.2) is 4.39 Å². The molecule has 2 nitrogen and oxygen atoms in total. The van der Waals surface area contributed by atoms with E-state index >= 15 is 0 Å². The van der Waals surface area contributed by atoms with Crippen molar-refractivity contribution < 1.29 is 4.39 Å². The molecule has 1 unspecified atom stereocenters. The third kappa shape index (κ3) is 2.39. The maximum Gasteiger partial charge on any atom is 0.123 e. The van der Waals surface area contributed by atoms with Gasteiger partial charge in [0, 0.05) is 28.1 Å². The molecule has 1 aliphatic heterocycles. The fraction of sp³-hybridized carbons (Fsp3) is 0.0625. The highest BCUT2D eigenvalue weighted by Gasteiger charge is 2.31. The SMILES string of the molecule is Fc1ccc(NC2(c3ccccc3Br)C=CN=C2)cc1. The van der Waals surface area contributed by atoms with Crippen LogP contribution in [-0.4, -0.2) is 6.21 Å². The topological polar surface area (TPSA) is 24.4 Å². The minimum atomic E-state index is -0.516. The molecular formula is C16H12BrFN2. The van der Waals surface area contributed by atoms with Crippen LogP contribution in [0, 0.1) is 5.82 Å². The van der Waals surface area contributed by atoms with E-state index in [2.05, 4.69) is 26.2 Å². The van der Waals surface area contributed by atoms with Gasteiger partial charge in [-0.15, -0.1) is 0 Å². The summed E-state index contributed by atoms with van der Waals surface area (Å²) in [6.45, 7) is 0. The molecule has 1 aliphatic rings. The van der Waals surface area contributed by atoms with Crippen LogP contribution < -0.4 is 5.32 Å². The Morgan fingerprint density at radius 3 is 2.45 bits per heavy atom. The molecule has 1 atom stereocenters. The van der Waals surface area contributed by atoms with Gasteiger partial charge in [-0.3, -0.25) is 4.99 Å². The first-order valence-corrected chi connectivity index (χ1v) is 7.00. The largest absolute Gasteiger partial charge is 0.368 e. The Balaban J connectivity index is 2.01. The highest BCUT2D eigenvalue weighted by atomic mass is 79.9. The third-order valence-electron chi connectivity index (χ3n) is 3.22. The predicted molar refractivity (Wildman–Crippen MR) is 83.5 cm³/mol. The van der Waals surface area contributed by atoms with Crippen LogP contribution in [0.4, 0.5) is 10.1 Å². The van der Waals surface area contributed by atoms with E-state index in [0.29, 0.717) is 0 Å². The standard InChI is InChI=1S/C16H12BrFN2/c17-15-4-2-1-3-14(15)16(9-10-19-11-16)20-13-7-5-12(18)6-8-13/h1-11,20H. The summed E-state index contributed by atoms with van der Waals surface area (Å²) in [5.41, 5.74) is 1.37. The molecule has 4 heteroatoms. The Bertz CT molecular complexity index is 665. The normalized spacial score (nSPS) is 20.3.